The summed E-state index contributed by atoms with van der Waals surface area (Å²) in [6, 6.07) is 8.84. The van der Waals surface area contributed by atoms with Gasteiger partial charge in [-0.15, -0.1) is 0 Å². The zero-order valence-electron chi connectivity index (χ0n) is 6.35. The lowest BCUT2D eigenvalue weighted by Crippen LogP contribution is -1.84. The Morgan fingerprint density at radius 3 is 2.90 bits per heavy atom. The minimum absolute atomic E-state index is 0.888. The fourth-order valence-corrected chi connectivity index (χ4v) is 0.819. The van der Waals surface area contributed by atoms with Crippen LogP contribution in [0.3, 0.4) is 0 Å². The van der Waals surface area contributed by atoms with Crippen LogP contribution in [-0.2, 0) is 6.42 Å². The van der Waals surface area contributed by atoms with E-state index in [4.69, 9.17) is 4.74 Å². The zero-order chi connectivity index (χ0) is 7.40. The normalized spacial score (nSPS) is 9.40. The predicted molar refractivity (Wildman–Crippen MR) is 41.2 cm³/mol. The summed E-state index contributed by atoms with van der Waals surface area (Å²) in [5, 5.41) is 0. The summed E-state index contributed by atoms with van der Waals surface area (Å²) in [6.07, 6.45) is 1.04. The Bertz CT molecular complexity index is 186. The molecule has 0 bridgehead atoms. The average molecular weight is 135 g/mol. The van der Waals surface area contributed by atoms with Crippen LogP contribution < -0.4 is 4.74 Å². The lowest BCUT2D eigenvalue weighted by molar-refractivity contribution is 0.414. The summed E-state index contributed by atoms with van der Waals surface area (Å²) in [5.74, 6) is 0.888. The standard InChI is InChI=1S/C9H11O/c1-3-8-5-4-6-9(7-8)10-2/h5-7H,3H2,1-2H3. The molecule has 1 radical (unpaired) electrons. The molecule has 1 aromatic carbocycles. The Labute approximate surface area is 61.6 Å². The number of benzene rings is 1. The molecule has 1 heteroatoms. The van der Waals surface area contributed by atoms with Gasteiger partial charge in [0, 0.05) is 0 Å². The maximum Gasteiger partial charge on any atom is 0.119 e. The fraction of sp³-hybridized carbons (Fsp3) is 0.333. The maximum atomic E-state index is 5.03. The molecule has 53 valence electrons. The van der Waals surface area contributed by atoms with Crippen LogP contribution >= 0.6 is 0 Å². The van der Waals surface area contributed by atoms with E-state index < -0.39 is 0 Å². The number of hydrogen-bond donors (Lipinski definition) is 0. The Hall–Kier alpha value is -0.980. The molecule has 0 aromatic heterocycles. The quantitative estimate of drug-likeness (QED) is 0.603. The first kappa shape index (κ1) is 7.13. The van der Waals surface area contributed by atoms with Crippen LogP contribution in [0.4, 0.5) is 0 Å². The first-order chi connectivity index (χ1) is 4.86. The molecule has 0 aliphatic rings. The second-order valence-electron chi connectivity index (χ2n) is 2.13. The molecule has 10 heavy (non-hydrogen) atoms. The van der Waals surface area contributed by atoms with E-state index in [0.29, 0.717) is 0 Å². The third-order valence-corrected chi connectivity index (χ3v) is 1.47. The summed E-state index contributed by atoms with van der Waals surface area (Å²) < 4.78 is 5.03. The van der Waals surface area contributed by atoms with E-state index in [-0.39, 0.29) is 0 Å². The van der Waals surface area contributed by atoms with Gasteiger partial charge in [-0.25, -0.2) is 0 Å². The highest BCUT2D eigenvalue weighted by Gasteiger charge is 1.90. The van der Waals surface area contributed by atoms with Crippen LogP contribution in [0, 0.1) is 6.07 Å². The van der Waals surface area contributed by atoms with Crippen LogP contribution in [0.1, 0.15) is 12.5 Å². The molecule has 0 atom stereocenters. The first-order valence-corrected chi connectivity index (χ1v) is 3.41. The van der Waals surface area contributed by atoms with Crippen LogP contribution in [0.25, 0.3) is 0 Å². The molecule has 0 aliphatic heterocycles. The molecule has 0 unspecified atom stereocenters. The summed E-state index contributed by atoms with van der Waals surface area (Å²) in [6.45, 7) is 2.11. The van der Waals surface area contributed by atoms with Gasteiger partial charge in [0.2, 0.25) is 0 Å². The van der Waals surface area contributed by atoms with E-state index in [1.165, 1.54) is 5.56 Å². The molecule has 1 rings (SSSR count). The molecule has 0 amide bonds. The van der Waals surface area contributed by atoms with Crippen molar-refractivity contribution in [1.82, 2.24) is 0 Å². The maximum absolute atomic E-state index is 5.03. The van der Waals surface area contributed by atoms with Gasteiger partial charge in [-0.1, -0.05) is 13.0 Å². The first-order valence-electron chi connectivity index (χ1n) is 3.41. The Morgan fingerprint density at radius 2 is 2.30 bits per heavy atom. The molecule has 0 heterocycles. The smallest absolute Gasteiger partial charge is 0.119 e. The van der Waals surface area contributed by atoms with E-state index in [1.807, 2.05) is 18.2 Å². The van der Waals surface area contributed by atoms with Gasteiger partial charge >= 0.3 is 0 Å². The molecule has 0 spiro atoms. The fourth-order valence-electron chi connectivity index (χ4n) is 0.819. The molecule has 1 aromatic rings. The summed E-state index contributed by atoms with van der Waals surface area (Å²) in [5.41, 5.74) is 1.26. The van der Waals surface area contributed by atoms with Crippen molar-refractivity contribution in [3.8, 4) is 5.75 Å². The van der Waals surface area contributed by atoms with Gasteiger partial charge in [-0.2, -0.15) is 0 Å². The largest absolute Gasteiger partial charge is 0.497 e. The van der Waals surface area contributed by atoms with Crippen molar-refractivity contribution in [1.29, 1.82) is 0 Å². The highest BCUT2D eigenvalue weighted by molar-refractivity contribution is 5.27. The molecule has 1 nitrogen and oxygen atoms in total. The highest BCUT2D eigenvalue weighted by atomic mass is 16.5. The second-order valence-corrected chi connectivity index (χ2v) is 2.13. The number of aryl methyl sites for hydroxylation is 1. The van der Waals surface area contributed by atoms with Gasteiger partial charge in [0.05, 0.1) is 7.11 Å². The van der Waals surface area contributed by atoms with E-state index in [1.54, 1.807) is 7.11 Å². The highest BCUT2D eigenvalue weighted by Crippen LogP contribution is 2.11. The van der Waals surface area contributed by atoms with Crippen molar-refractivity contribution in [3.05, 3.63) is 29.8 Å². The molecule has 0 saturated heterocycles. The van der Waals surface area contributed by atoms with Crippen LogP contribution in [0.2, 0.25) is 0 Å². The number of rotatable bonds is 2. The molecule has 0 aliphatic carbocycles. The van der Waals surface area contributed by atoms with Crippen molar-refractivity contribution in [2.45, 2.75) is 13.3 Å². The second kappa shape index (κ2) is 3.25. The minimum atomic E-state index is 0.888. The molecular weight excluding hydrogens is 124 g/mol. The van der Waals surface area contributed by atoms with Gasteiger partial charge in [0.1, 0.15) is 5.75 Å². The van der Waals surface area contributed by atoms with Crippen molar-refractivity contribution in [2.75, 3.05) is 7.11 Å². The van der Waals surface area contributed by atoms with Crippen LogP contribution in [-0.4, -0.2) is 7.11 Å². The van der Waals surface area contributed by atoms with Gasteiger partial charge in [-0.3, -0.25) is 0 Å². The zero-order valence-corrected chi connectivity index (χ0v) is 6.35. The van der Waals surface area contributed by atoms with Gasteiger partial charge in [0.25, 0.3) is 0 Å². The van der Waals surface area contributed by atoms with Crippen molar-refractivity contribution >= 4 is 0 Å². The molecular formula is C9H11O. The Kier molecular flexibility index (Phi) is 2.32. The Balaban J connectivity index is 2.87. The minimum Gasteiger partial charge on any atom is -0.497 e. The Morgan fingerprint density at radius 1 is 1.50 bits per heavy atom. The van der Waals surface area contributed by atoms with E-state index in [9.17, 15) is 0 Å². The third-order valence-electron chi connectivity index (χ3n) is 1.47. The van der Waals surface area contributed by atoms with Gasteiger partial charge in [-0.05, 0) is 30.2 Å². The SMILES string of the molecule is CCc1c[c]cc(OC)c1. The van der Waals surface area contributed by atoms with E-state index in [0.717, 1.165) is 12.2 Å². The van der Waals surface area contributed by atoms with Crippen molar-refractivity contribution in [2.24, 2.45) is 0 Å². The van der Waals surface area contributed by atoms with E-state index >= 15 is 0 Å². The summed E-state index contributed by atoms with van der Waals surface area (Å²) in [7, 11) is 1.67. The lowest BCUT2D eigenvalue weighted by Gasteiger charge is -1.99. The topological polar surface area (TPSA) is 9.23 Å². The lowest BCUT2D eigenvalue weighted by atomic mass is 10.2. The summed E-state index contributed by atoms with van der Waals surface area (Å²) >= 11 is 0. The average Bonchev–Trinajstić information content (AvgIpc) is 2.05. The monoisotopic (exact) mass is 135 g/mol. The van der Waals surface area contributed by atoms with Crippen molar-refractivity contribution < 1.29 is 4.74 Å². The third kappa shape index (κ3) is 1.50. The van der Waals surface area contributed by atoms with Gasteiger partial charge in [0.15, 0.2) is 0 Å². The van der Waals surface area contributed by atoms with Gasteiger partial charge < -0.3 is 4.74 Å². The molecule has 0 saturated carbocycles. The molecule has 0 N–H and O–H groups in total. The number of ether oxygens (including phenoxy) is 1. The van der Waals surface area contributed by atoms with Crippen molar-refractivity contribution in [3.63, 3.8) is 0 Å². The van der Waals surface area contributed by atoms with Crippen LogP contribution in [0.5, 0.6) is 5.75 Å². The number of methoxy groups -OCH3 is 1. The van der Waals surface area contributed by atoms with E-state index in [2.05, 4.69) is 13.0 Å². The summed E-state index contributed by atoms with van der Waals surface area (Å²) in [4.78, 5) is 0. The number of hydrogen-bond acceptors (Lipinski definition) is 1. The van der Waals surface area contributed by atoms with Crippen LogP contribution in [0.15, 0.2) is 18.2 Å². The predicted octanol–water partition coefficient (Wildman–Crippen LogP) is 2.06. The molecule has 0 fully saturated rings.